The van der Waals surface area contributed by atoms with Crippen molar-refractivity contribution in [1.29, 1.82) is 0 Å². The van der Waals surface area contributed by atoms with E-state index in [1.165, 1.54) is 12.1 Å². The van der Waals surface area contributed by atoms with Crippen LogP contribution in [-0.2, 0) is 0 Å². The normalized spacial score (nSPS) is 10.4. The largest absolute Gasteiger partial charge is 0.435 e. The highest BCUT2D eigenvalue weighted by atomic mass is 35.5. The molecule has 0 amide bonds. The molecule has 1 aromatic heterocycles. The van der Waals surface area contributed by atoms with Crippen LogP contribution in [0.5, 0.6) is 11.6 Å². The Kier molecular flexibility index (Phi) is 4.86. The molecule has 1 N–H and O–H groups in total. The minimum absolute atomic E-state index is 0.154. The van der Waals surface area contributed by atoms with E-state index < -0.39 is 5.82 Å². The molecule has 0 radical (unpaired) electrons. The van der Waals surface area contributed by atoms with E-state index in [9.17, 15) is 4.39 Å². The van der Waals surface area contributed by atoms with Gasteiger partial charge in [-0.05, 0) is 13.0 Å². The van der Waals surface area contributed by atoms with Gasteiger partial charge in [0, 0.05) is 12.6 Å². The van der Waals surface area contributed by atoms with E-state index in [4.69, 9.17) is 39.5 Å². The monoisotopic (exact) mass is 335 g/mol. The molecule has 1 heterocycles. The van der Waals surface area contributed by atoms with Crippen molar-refractivity contribution >= 4 is 40.8 Å². The average Bonchev–Trinajstić information content (AvgIpc) is 2.40. The summed E-state index contributed by atoms with van der Waals surface area (Å²) in [6, 6.07) is 2.80. The predicted molar refractivity (Wildman–Crippen MR) is 77.7 cm³/mol. The fourth-order valence-corrected chi connectivity index (χ4v) is 1.93. The molecule has 0 bridgehead atoms. The molecule has 0 atom stereocenters. The first-order valence-electron chi connectivity index (χ1n) is 5.60. The summed E-state index contributed by atoms with van der Waals surface area (Å²) in [7, 11) is 0. The van der Waals surface area contributed by atoms with E-state index in [1.54, 1.807) is 0 Å². The Morgan fingerprint density at radius 3 is 2.60 bits per heavy atom. The highest BCUT2D eigenvalue weighted by Gasteiger charge is 2.13. The fraction of sp³-hybridized carbons (Fsp3) is 0.167. The standard InChI is InChI=1S/C12H9Cl3FN3O/c1-2-17-12-18-5-9(16)11(19-12)20-10-4-7(14)6(13)3-8(10)15/h3-5H,2H2,1H3,(H,17,18,19). The summed E-state index contributed by atoms with van der Waals surface area (Å²) in [4.78, 5) is 7.66. The van der Waals surface area contributed by atoms with Crippen LogP contribution >= 0.6 is 34.8 Å². The summed E-state index contributed by atoms with van der Waals surface area (Å²) in [5.74, 6) is -0.564. The first kappa shape index (κ1) is 15.1. The number of anilines is 1. The van der Waals surface area contributed by atoms with Crippen molar-refractivity contribution in [3.05, 3.63) is 39.2 Å². The van der Waals surface area contributed by atoms with E-state index >= 15 is 0 Å². The van der Waals surface area contributed by atoms with Crippen molar-refractivity contribution < 1.29 is 9.13 Å². The van der Waals surface area contributed by atoms with Gasteiger partial charge in [-0.3, -0.25) is 0 Å². The Hall–Kier alpha value is -1.30. The number of hydrogen-bond acceptors (Lipinski definition) is 4. The lowest BCUT2D eigenvalue weighted by Gasteiger charge is -2.10. The van der Waals surface area contributed by atoms with E-state index in [0.717, 1.165) is 6.20 Å². The van der Waals surface area contributed by atoms with Crippen molar-refractivity contribution in [2.75, 3.05) is 11.9 Å². The number of halogens is 4. The molecular weight excluding hydrogens is 328 g/mol. The molecule has 4 nitrogen and oxygen atoms in total. The van der Waals surface area contributed by atoms with Crippen LogP contribution in [0.25, 0.3) is 0 Å². The molecule has 0 unspecified atom stereocenters. The minimum atomic E-state index is -0.714. The van der Waals surface area contributed by atoms with E-state index in [-0.39, 0.29) is 32.6 Å². The molecule has 0 saturated heterocycles. The Balaban J connectivity index is 2.34. The van der Waals surface area contributed by atoms with Crippen molar-refractivity contribution in [2.45, 2.75) is 6.92 Å². The summed E-state index contributed by atoms with van der Waals surface area (Å²) in [5, 5.41) is 3.56. The molecule has 0 fully saturated rings. The molecule has 0 spiro atoms. The third kappa shape index (κ3) is 3.42. The average molecular weight is 337 g/mol. The molecule has 0 saturated carbocycles. The Bertz CT molecular complexity index is 640. The highest BCUT2D eigenvalue weighted by Crippen LogP contribution is 2.36. The van der Waals surface area contributed by atoms with Gasteiger partial charge in [-0.1, -0.05) is 34.8 Å². The maximum atomic E-state index is 13.6. The lowest BCUT2D eigenvalue weighted by molar-refractivity contribution is 0.421. The smallest absolute Gasteiger partial charge is 0.260 e. The Labute approximate surface area is 129 Å². The van der Waals surface area contributed by atoms with Crippen molar-refractivity contribution in [3.8, 4) is 11.6 Å². The van der Waals surface area contributed by atoms with Gasteiger partial charge in [0.05, 0.1) is 21.3 Å². The number of rotatable bonds is 4. The molecule has 0 aliphatic carbocycles. The molecular formula is C12H9Cl3FN3O. The van der Waals surface area contributed by atoms with Crippen LogP contribution in [0.15, 0.2) is 18.3 Å². The Morgan fingerprint density at radius 1 is 1.20 bits per heavy atom. The summed E-state index contributed by atoms with van der Waals surface area (Å²) in [6.07, 6.45) is 1.01. The number of aromatic nitrogens is 2. The lowest BCUT2D eigenvalue weighted by Crippen LogP contribution is -2.04. The van der Waals surface area contributed by atoms with Crippen LogP contribution in [0.1, 0.15) is 6.92 Å². The summed E-state index contributed by atoms with van der Waals surface area (Å²) < 4.78 is 18.9. The molecule has 0 aliphatic rings. The third-order valence-corrected chi connectivity index (χ3v) is 3.25. The topological polar surface area (TPSA) is 47.0 Å². The van der Waals surface area contributed by atoms with Gasteiger partial charge in [0.1, 0.15) is 5.75 Å². The van der Waals surface area contributed by atoms with Crippen LogP contribution in [-0.4, -0.2) is 16.5 Å². The van der Waals surface area contributed by atoms with Crippen LogP contribution < -0.4 is 10.1 Å². The zero-order chi connectivity index (χ0) is 14.7. The van der Waals surface area contributed by atoms with E-state index in [1.807, 2.05) is 6.92 Å². The van der Waals surface area contributed by atoms with E-state index in [2.05, 4.69) is 15.3 Å². The first-order valence-corrected chi connectivity index (χ1v) is 6.73. The quantitative estimate of drug-likeness (QED) is 0.815. The first-order chi connectivity index (χ1) is 9.51. The fourth-order valence-electron chi connectivity index (χ4n) is 1.35. The van der Waals surface area contributed by atoms with Gasteiger partial charge in [0.2, 0.25) is 11.8 Å². The summed E-state index contributed by atoms with van der Waals surface area (Å²) in [5.41, 5.74) is 0. The summed E-state index contributed by atoms with van der Waals surface area (Å²) >= 11 is 17.6. The van der Waals surface area contributed by atoms with Gasteiger partial charge in [-0.2, -0.15) is 9.37 Å². The van der Waals surface area contributed by atoms with Gasteiger partial charge in [0.15, 0.2) is 0 Å². The second-order valence-corrected chi connectivity index (χ2v) is 4.90. The van der Waals surface area contributed by atoms with Crippen LogP contribution in [0.3, 0.4) is 0 Å². The second kappa shape index (κ2) is 6.43. The van der Waals surface area contributed by atoms with Gasteiger partial charge in [-0.25, -0.2) is 4.98 Å². The highest BCUT2D eigenvalue weighted by molar-refractivity contribution is 6.43. The van der Waals surface area contributed by atoms with Crippen molar-refractivity contribution in [1.82, 2.24) is 9.97 Å². The van der Waals surface area contributed by atoms with Crippen LogP contribution in [0.4, 0.5) is 10.3 Å². The SMILES string of the molecule is CCNc1ncc(F)c(Oc2cc(Cl)c(Cl)cc2Cl)n1. The maximum Gasteiger partial charge on any atom is 0.260 e. The molecule has 2 aromatic rings. The molecule has 8 heteroatoms. The molecule has 106 valence electrons. The molecule has 20 heavy (non-hydrogen) atoms. The van der Waals surface area contributed by atoms with Gasteiger partial charge in [0.25, 0.3) is 5.88 Å². The van der Waals surface area contributed by atoms with E-state index in [0.29, 0.717) is 6.54 Å². The van der Waals surface area contributed by atoms with Crippen molar-refractivity contribution in [3.63, 3.8) is 0 Å². The zero-order valence-electron chi connectivity index (χ0n) is 10.3. The molecule has 1 aromatic carbocycles. The van der Waals surface area contributed by atoms with Crippen molar-refractivity contribution in [2.24, 2.45) is 0 Å². The van der Waals surface area contributed by atoms with Crippen LogP contribution in [0.2, 0.25) is 15.1 Å². The minimum Gasteiger partial charge on any atom is -0.435 e. The number of nitrogens with one attached hydrogen (secondary N) is 1. The maximum absolute atomic E-state index is 13.6. The summed E-state index contributed by atoms with van der Waals surface area (Å²) in [6.45, 7) is 2.46. The number of ether oxygens (including phenoxy) is 1. The number of benzene rings is 1. The van der Waals surface area contributed by atoms with Gasteiger partial charge >= 0.3 is 0 Å². The third-order valence-electron chi connectivity index (χ3n) is 2.23. The lowest BCUT2D eigenvalue weighted by atomic mass is 10.3. The Morgan fingerprint density at radius 2 is 1.90 bits per heavy atom. The number of hydrogen-bond donors (Lipinski definition) is 1. The van der Waals surface area contributed by atoms with Crippen LogP contribution in [0, 0.1) is 5.82 Å². The predicted octanol–water partition coefficient (Wildman–Crippen LogP) is 4.80. The van der Waals surface area contributed by atoms with Gasteiger partial charge in [-0.15, -0.1) is 0 Å². The van der Waals surface area contributed by atoms with Gasteiger partial charge < -0.3 is 10.1 Å². The molecule has 2 rings (SSSR count). The second-order valence-electron chi connectivity index (χ2n) is 3.68. The molecule has 0 aliphatic heterocycles. The zero-order valence-corrected chi connectivity index (χ0v) is 12.5. The number of nitrogens with zero attached hydrogens (tertiary/aromatic N) is 2.